The topological polar surface area (TPSA) is 111 Å². The van der Waals surface area contributed by atoms with Gasteiger partial charge in [0.15, 0.2) is 0 Å². The SMILES string of the molecule is COC(=O)C(Cc1ccc(OC)cc1)NC(=O)C(C)NC(=O)c1cn2ccccc2n1. The van der Waals surface area contributed by atoms with Crippen LogP contribution in [0.3, 0.4) is 0 Å². The Bertz CT molecular complexity index is 1040. The molecule has 2 heterocycles. The summed E-state index contributed by atoms with van der Waals surface area (Å²) in [5.41, 5.74) is 1.63. The van der Waals surface area contributed by atoms with Gasteiger partial charge in [-0.05, 0) is 36.8 Å². The largest absolute Gasteiger partial charge is 0.497 e. The Hall–Kier alpha value is -3.88. The molecule has 2 amide bonds. The summed E-state index contributed by atoms with van der Waals surface area (Å²) in [5.74, 6) is -0.897. The van der Waals surface area contributed by atoms with Crippen molar-refractivity contribution < 1.29 is 23.9 Å². The zero-order valence-electron chi connectivity index (χ0n) is 17.5. The van der Waals surface area contributed by atoms with Crippen LogP contribution in [0.1, 0.15) is 23.0 Å². The van der Waals surface area contributed by atoms with Crippen LogP contribution in [-0.2, 0) is 20.7 Å². The molecule has 0 bridgehead atoms. The van der Waals surface area contributed by atoms with Crippen LogP contribution >= 0.6 is 0 Å². The van der Waals surface area contributed by atoms with Gasteiger partial charge >= 0.3 is 5.97 Å². The number of hydrogen-bond donors (Lipinski definition) is 2. The van der Waals surface area contributed by atoms with Crippen molar-refractivity contribution >= 4 is 23.4 Å². The van der Waals surface area contributed by atoms with Gasteiger partial charge in [-0.1, -0.05) is 18.2 Å². The third-order valence-electron chi connectivity index (χ3n) is 4.74. The van der Waals surface area contributed by atoms with E-state index < -0.39 is 29.9 Å². The maximum absolute atomic E-state index is 12.6. The van der Waals surface area contributed by atoms with E-state index in [4.69, 9.17) is 9.47 Å². The minimum Gasteiger partial charge on any atom is -0.497 e. The lowest BCUT2D eigenvalue weighted by Crippen LogP contribution is -2.51. The Balaban J connectivity index is 1.64. The number of nitrogens with zero attached hydrogens (tertiary/aromatic N) is 2. The summed E-state index contributed by atoms with van der Waals surface area (Å²) >= 11 is 0. The van der Waals surface area contributed by atoms with Crippen LogP contribution in [0.15, 0.2) is 54.9 Å². The Kier molecular flexibility index (Phi) is 6.86. The Labute approximate surface area is 179 Å². The fourth-order valence-electron chi connectivity index (χ4n) is 3.01. The highest BCUT2D eigenvalue weighted by atomic mass is 16.5. The molecule has 0 aliphatic rings. The second-order valence-corrected chi connectivity index (χ2v) is 6.92. The minimum atomic E-state index is -0.902. The first-order valence-corrected chi connectivity index (χ1v) is 9.67. The van der Waals surface area contributed by atoms with Gasteiger partial charge < -0.3 is 24.5 Å². The van der Waals surface area contributed by atoms with E-state index in [1.165, 1.54) is 14.0 Å². The Morgan fingerprint density at radius 2 is 1.81 bits per heavy atom. The van der Waals surface area contributed by atoms with Crippen LogP contribution in [0.25, 0.3) is 5.65 Å². The molecule has 2 atom stereocenters. The van der Waals surface area contributed by atoms with E-state index in [0.717, 1.165) is 5.56 Å². The molecular weight excluding hydrogens is 400 g/mol. The van der Waals surface area contributed by atoms with Gasteiger partial charge in [-0.3, -0.25) is 9.59 Å². The van der Waals surface area contributed by atoms with E-state index in [1.807, 2.05) is 12.1 Å². The number of ether oxygens (including phenoxy) is 2. The number of benzene rings is 1. The minimum absolute atomic E-state index is 0.189. The summed E-state index contributed by atoms with van der Waals surface area (Å²) in [6.07, 6.45) is 3.58. The van der Waals surface area contributed by atoms with Crippen LogP contribution in [0.5, 0.6) is 5.75 Å². The predicted octanol–water partition coefficient (Wildman–Crippen LogP) is 1.36. The summed E-state index contributed by atoms with van der Waals surface area (Å²) in [5, 5.41) is 5.25. The van der Waals surface area contributed by atoms with Gasteiger partial charge in [0.2, 0.25) is 5.91 Å². The molecule has 0 spiro atoms. The number of hydrogen-bond acceptors (Lipinski definition) is 6. The van der Waals surface area contributed by atoms with Gasteiger partial charge in [0, 0.05) is 18.8 Å². The fraction of sp³-hybridized carbons (Fsp3) is 0.273. The van der Waals surface area contributed by atoms with Gasteiger partial charge in [0.25, 0.3) is 5.91 Å². The molecule has 2 aromatic heterocycles. The van der Waals surface area contributed by atoms with E-state index in [9.17, 15) is 14.4 Å². The van der Waals surface area contributed by atoms with E-state index in [-0.39, 0.29) is 12.1 Å². The summed E-state index contributed by atoms with van der Waals surface area (Å²) in [7, 11) is 2.82. The predicted molar refractivity (Wildman–Crippen MR) is 113 cm³/mol. The van der Waals surface area contributed by atoms with Crippen molar-refractivity contribution in [2.75, 3.05) is 14.2 Å². The fourth-order valence-corrected chi connectivity index (χ4v) is 3.01. The molecule has 0 fully saturated rings. The molecule has 9 heteroatoms. The monoisotopic (exact) mass is 424 g/mol. The van der Waals surface area contributed by atoms with E-state index in [2.05, 4.69) is 15.6 Å². The van der Waals surface area contributed by atoms with Gasteiger partial charge in [-0.25, -0.2) is 9.78 Å². The molecule has 0 aliphatic carbocycles. The van der Waals surface area contributed by atoms with E-state index >= 15 is 0 Å². The number of pyridine rings is 1. The third kappa shape index (κ3) is 5.39. The summed E-state index contributed by atoms with van der Waals surface area (Å²) < 4.78 is 11.6. The Morgan fingerprint density at radius 1 is 1.06 bits per heavy atom. The summed E-state index contributed by atoms with van der Waals surface area (Å²) in [6.45, 7) is 1.53. The Morgan fingerprint density at radius 3 is 2.45 bits per heavy atom. The van der Waals surface area contributed by atoms with Crippen LogP contribution in [0, 0.1) is 0 Å². The molecule has 2 N–H and O–H groups in total. The first kappa shape index (κ1) is 21.8. The average Bonchev–Trinajstić information content (AvgIpc) is 3.23. The van der Waals surface area contributed by atoms with Crippen molar-refractivity contribution in [1.82, 2.24) is 20.0 Å². The molecule has 162 valence electrons. The standard InChI is InChI=1S/C22H24N4O5/c1-14(23-21(28)18-13-26-11-5-4-6-19(26)24-18)20(27)25-17(22(29)31-3)12-15-7-9-16(30-2)10-8-15/h4-11,13-14,17H,12H2,1-3H3,(H,23,28)(H,25,27). The van der Waals surface area contributed by atoms with Crippen LogP contribution in [0.2, 0.25) is 0 Å². The molecule has 0 radical (unpaired) electrons. The second kappa shape index (κ2) is 9.75. The average molecular weight is 424 g/mol. The van der Waals surface area contributed by atoms with Crippen molar-refractivity contribution in [3.63, 3.8) is 0 Å². The van der Waals surface area contributed by atoms with Crippen molar-refractivity contribution in [1.29, 1.82) is 0 Å². The lowest BCUT2D eigenvalue weighted by molar-refractivity contribution is -0.145. The molecule has 3 rings (SSSR count). The zero-order chi connectivity index (χ0) is 22.4. The number of carbonyl (C=O) groups is 3. The van der Waals surface area contributed by atoms with E-state index in [0.29, 0.717) is 11.4 Å². The molecular formula is C22H24N4O5. The number of carbonyl (C=O) groups excluding carboxylic acids is 3. The lowest BCUT2D eigenvalue weighted by Gasteiger charge is -2.20. The van der Waals surface area contributed by atoms with Crippen molar-refractivity contribution in [3.8, 4) is 5.75 Å². The smallest absolute Gasteiger partial charge is 0.328 e. The normalized spacial score (nSPS) is 12.6. The maximum Gasteiger partial charge on any atom is 0.328 e. The number of aromatic nitrogens is 2. The number of fused-ring (bicyclic) bond motifs is 1. The summed E-state index contributed by atoms with van der Waals surface area (Å²) in [6, 6.07) is 10.8. The third-order valence-corrected chi connectivity index (χ3v) is 4.74. The molecule has 0 saturated heterocycles. The number of esters is 1. The van der Waals surface area contributed by atoms with Gasteiger partial charge in [-0.2, -0.15) is 0 Å². The molecule has 1 aromatic carbocycles. The molecule has 31 heavy (non-hydrogen) atoms. The first-order valence-electron chi connectivity index (χ1n) is 9.67. The van der Waals surface area contributed by atoms with Crippen LogP contribution in [-0.4, -0.2) is 53.5 Å². The quantitative estimate of drug-likeness (QED) is 0.529. The summed E-state index contributed by atoms with van der Waals surface area (Å²) in [4.78, 5) is 41.5. The number of nitrogens with one attached hydrogen (secondary N) is 2. The molecule has 0 saturated carbocycles. The number of methoxy groups -OCH3 is 2. The number of imidazole rings is 1. The van der Waals surface area contributed by atoms with E-state index in [1.54, 1.807) is 54.2 Å². The number of rotatable bonds is 8. The molecule has 3 aromatic rings. The van der Waals surface area contributed by atoms with Gasteiger partial charge in [-0.15, -0.1) is 0 Å². The lowest BCUT2D eigenvalue weighted by atomic mass is 10.1. The van der Waals surface area contributed by atoms with Gasteiger partial charge in [0.05, 0.1) is 14.2 Å². The van der Waals surface area contributed by atoms with Gasteiger partial charge in [0.1, 0.15) is 29.2 Å². The van der Waals surface area contributed by atoms with Crippen LogP contribution in [0.4, 0.5) is 0 Å². The zero-order valence-corrected chi connectivity index (χ0v) is 17.5. The molecule has 2 unspecified atom stereocenters. The van der Waals surface area contributed by atoms with Crippen LogP contribution < -0.4 is 15.4 Å². The highest BCUT2D eigenvalue weighted by Crippen LogP contribution is 2.13. The highest BCUT2D eigenvalue weighted by molar-refractivity contribution is 5.97. The van der Waals surface area contributed by atoms with Crippen molar-refractivity contribution in [2.45, 2.75) is 25.4 Å². The first-order chi connectivity index (χ1) is 14.9. The number of amides is 2. The second-order valence-electron chi connectivity index (χ2n) is 6.92. The van der Waals surface area contributed by atoms with Crippen molar-refractivity contribution in [2.24, 2.45) is 0 Å². The maximum atomic E-state index is 12.6. The molecule has 0 aliphatic heterocycles. The molecule has 9 nitrogen and oxygen atoms in total. The highest BCUT2D eigenvalue weighted by Gasteiger charge is 2.26. The van der Waals surface area contributed by atoms with Crippen molar-refractivity contribution in [3.05, 3.63) is 66.1 Å².